The summed E-state index contributed by atoms with van der Waals surface area (Å²) in [4.78, 5) is 0. The van der Waals surface area contributed by atoms with Crippen molar-refractivity contribution in [3.63, 3.8) is 0 Å². The van der Waals surface area contributed by atoms with Gasteiger partial charge in [-0.25, -0.2) is 8.42 Å². The van der Waals surface area contributed by atoms with Gasteiger partial charge in [0.2, 0.25) is 0 Å². The van der Waals surface area contributed by atoms with Crippen LogP contribution in [0.25, 0.3) is 0 Å². The van der Waals surface area contributed by atoms with E-state index < -0.39 is 35.7 Å². The molecule has 21 heavy (non-hydrogen) atoms. The molecule has 0 saturated carbocycles. The summed E-state index contributed by atoms with van der Waals surface area (Å²) >= 11 is 0. The molecule has 17 heteroatoms. The summed E-state index contributed by atoms with van der Waals surface area (Å²) in [7, 11) is -6.09. The van der Waals surface area contributed by atoms with Crippen LogP contribution in [-0.4, -0.2) is 18.5 Å². The minimum atomic E-state index is -6.09. The molecule has 3 nitrogen and oxygen atoms in total. The molecule has 0 unspecified atom stereocenters. The average Bonchev–Trinajstić information content (AvgIpc) is 1.94. The van der Waals surface area contributed by atoms with Crippen molar-refractivity contribution in [1.29, 1.82) is 0 Å². The van der Waals surface area contributed by atoms with Gasteiger partial charge in [0.05, 0.1) is 0 Å². The zero-order chi connectivity index (χ0) is 17.7. The Balaban J connectivity index is -0.0000000570. The molecule has 0 bridgehead atoms. The van der Waals surface area contributed by atoms with E-state index in [2.05, 4.69) is 0 Å². The van der Waals surface area contributed by atoms with Gasteiger partial charge >= 0.3 is 22.6 Å². The zero-order valence-corrected chi connectivity index (χ0v) is 10.2. The van der Waals surface area contributed by atoms with Crippen LogP contribution in [0.3, 0.4) is 0 Å². The SMILES string of the molecule is F[C-](F)F.F[C-](F)F.F[C-](F)F.O=S(=O)([O-])C(F)(F)F.[Cu+2]. The summed E-state index contributed by atoms with van der Waals surface area (Å²) < 4.78 is 145. The fraction of sp³-hybridized carbons (Fsp3) is 0.250. The standard InChI is InChI=1S/CHF3O3S.3CF3.Cu/c2-1(3,4)8(5,6)7;3*2-1(3)4;/h(H,5,6,7);;;;/q;3*-1;+2/p-1. The predicted octanol–water partition coefficient (Wildman–Crippen LogP) is 4.07. The van der Waals surface area contributed by atoms with Gasteiger partial charge in [0.1, 0.15) is 0 Å². The van der Waals surface area contributed by atoms with Crippen LogP contribution in [0.4, 0.5) is 52.7 Å². The molecule has 0 N–H and O–H groups in total. The maximum absolute atomic E-state index is 10.7. The molecule has 0 aliphatic rings. The molecule has 0 rings (SSSR count). The number of alkyl halides is 3. The van der Waals surface area contributed by atoms with Crippen LogP contribution in [-0.2, 0) is 27.2 Å². The van der Waals surface area contributed by atoms with Crippen molar-refractivity contribution < 1.29 is 82.7 Å². The molecule has 0 heterocycles. The van der Waals surface area contributed by atoms with Gasteiger partial charge in [0.25, 0.3) is 0 Å². The number of hydrogen-bond donors (Lipinski definition) is 0. The maximum atomic E-state index is 10.7. The van der Waals surface area contributed by atoms with Gasteiger partial charge in [0.15, 0.2) is 30.2 Å². The van der Waals surface area contributed by atoms with E-state index in [0.717, 1.165) is 0 Å². The maximum Gasteiger partial charge on any atom is 2.00 e. The van der Waals surface area contributed by atoms with Gasteiger partial charge in [-0.3, -0.25) is 0 Å². The molecule has 0 amide bonds. The molecule has 137 valence electrons. The van der Waals surface area contributed by atoms with Gasteiger partial charge < -0.3 is 44.1 Å². The molecule has 0 aliphatic heterocycles. The number of rotatable bonds is 0. The average molecular weight is 420 g/mol. The van der Waals surface area contributed by atoms with Crippen molar-refractivity contribution in [2.24, 2.45) is 0 Å². The molecular formula is C4CuF12O3S-2. The number of hydrogen-bond acceptors (Lipinski definition) is 3. The van der Waals surface area contributed by atoms with E-state index in [1.165, 1.54) is 0 Å². The monoisotopic (exact) mass is 419 g/mol. The predicted molar refractivity (Wildman–Crippen MR) is 35.5 cm³/mol. The van der Waals surface area contributed by atoms with E-state index in [1.807, 2.05) is 0 Å². The normalized spacial score (nSPS) is 10.5. The summed E-state index contributed by atoms with van der Waals surface area (Å²) in [6.45, 7) is -9.25. The van der Waals surface area contributed by atoms with Crippen molar-refractivity contribution in [2.45, 2.75) is 5.51 Å². The van der Waals surface area contributed by atoms with E-state index in [1.54, 1.807) is 0 Å². The first-order valence-electron chi connectivity index (χ1n) is 2.97. The van der Waals surface area contributed by atoms with Gasteiger partial charge in [-0.15, -0.1) is 0 Å². The Morgan fingerprint density at radius 2 is 0.714 bits per heavy atom. The van der Waals surface area contributed by atoms with E-state index >= 15 is 0 Å². The minimum absolute atomic E-state index is 0. The van der Waals surface area contributed by atoms with Crippen LogP contribution < -0.4 is 0 Å². The molecule has 1 radical (unpaired) electrons. The number of halogens is 12. The van der Waals surface area contributed by atoms with Gasteiger partial charge in [-0.1, -0.05) is 0 Å². The Hall–Kier alpha value is -0.411. The quantitative estimate of drug-likeness (QED) is 0.195. The molecule has 0 aromatic rings. The third-order valence-electron chi connectivity index (χ3n) is 0.283. The van der Waals surface area contributed by atoms with Gasteiger partial charge in [-0.2, -0.15) is 13.2 Å². The first-order valence-corrected chi connectivity index (χ1v) is 4.38. The largest absolute Gasteiger partial charge is 2.00 e. The third-order valence-corrected chi connectivity index (χ3v) is 0.850. The van der Waals surface area contributed by atoms with Crippen molar-refractivity contribution in [1.82, 2.24) is 0 Å². The van der Waals surface area contributed by atoms with Crippen LogP contribution in [0.1, 0.15) is 0 Å². The Labute approximate surface area is 119 Å². The van der Waals surface area contributed by atoms with Crippen LogP contribution in [0.15, 0.2) is 0 Å². The van der Waals surface area contributed by atoms with Crippen LogP contribution in [0, 0.1) is 20.0 Å². The summed E-state index contributed by atoms with van der Waals surface area (Å²) in [5.74, 6) is 0. The second kappa shape index (κ2) is 16.0. The Morgan fingerprint density at radius 3 is 0.714 bits per heavy atom. The van der Waals surface area contributed by atoms with Crippen LogP contribution >= 0.6 is 0 Å². The van der Waals surface area contributed by atoms with Gasteiger partial charge in [-0.05, 0) is 0 Å². The molecule has 0 aliphatic carbocycles. The van der Waals surface area contributed by atoms with E-state index in [4.69, 9.17) is 13.0 Å². The molecule has 0 spiro atoms. The van der Waals surface area contributed by atoms with Crippen molar-refractivity contribution >= 4 is 10.1 Å². The smallest absolute Gasteiger partial charge is 0.741 e. The second-order valence-electron chi connectivity index (χ2n) is 1.54. The molecule has 0 saturated heterocycles. The van der Waals surface area contributed by atoms with Gasteiger partial charge in [0, 0.05) is 0 Å². The second-order valence-corrected chi connectivity index (χ2v) is 2.91. The molecule has 0 aromatic carbocycles. The summed E-state index contributed by atoms with van der Waals surface area (Å²) in [5.41, 5.74) is -5.65. The van der Waals surface area contributed by atoms with E-state index in [9.17, 15) is 52.7 Å². The Morgan fingerprint density at radius 1 is 0.667 bits per heavy atom. The molecule has 0 aromatic heterocycles. The molecule has 0 atom stereocenters. The molecular weight excluding hydrogens is 420 g/mol. The third kappa shape index (κ3) is 82.1. The fourth-order valence-corrected chi connectivity index (χ4v) is 0. The summed E-state index contributed by atoms with van der Waals surface area (Å²) in [6.07, 6.45) is 0. The Kier molecular flexibility index (Phi) is 24.7. The minimum Gasteiger partial charge on any atom is -0.741 e. The summed E-state index contributed by atoms with van der Waals surface area (Å²) in [6, 6.07) is 0. The first-order chi connectivity index (χ1) is 8.45. The van der Waals surface area contributed by atoms with Crippen LogP contribution in [0.5, 0.6) is 0 Å². The molecule has 0 fully saturated rings. The summed E-state index contributed by atoms with van der Waals surface area (Å²) in [5, 5.41) is 0. The Bertz CT molecular complexity index is 267. The first kappa shape index (κ1) is 32.5. The zero-order valence-electron chi connectivity index (χ0n) is 8.47. The van der Waals surface area contributed by atoms with Crippen molar-refractivity contribution in [3.05, 3.63) is 20.0 Å². The van der Waals surface area contributed by atoms with Crippen molar-refractivity contribution in [3.8, 4) is 0 Å². The fourth-order valence-electron chi connectivity index (χ4n) is 0. The van der Waals surface area contributed by atoms with Crippen LogP contribution in [0.2, 0.25) is 0 Å². The topological polar surface area (TPSA) is 57.2 Å². The van der Waals surface area contributed by atoms with Crippen molar-refractivity contribution in [2.75, 3.05) is 0 Å². The van der Waals surface area contributed by atoms with E-state index in [0.29, 0.717) is 0 Å². The van der Waals surface area contributed by atoms with E-state index in [-0.39, 0.29) is 17.1 Å².